The first kappa shape index (κ1) is 14.4. The van der Waals surface area contributed by atoms with Crippen molar-refractivity contribution in [2.45, 2.75) is 25.8 Å². The van der Waals surface area contributed by atoms with Gasteiger partial charge < -0.3 is 10.4 Å². The van der Waals surface area contributed by atoms with Gasteiger partial charge in [-0.25, -0.2) is 4.39 Å². The molecule has 0 saturated carbocycles. The SMILES string of the molecule is CCC(CC(=O)O)NC(=O)c1ccc(F)cc1Cl. The van der Waals surface area contributed by atoms with Crippen molar-refractivity contribution in [3.8, 4) is 0 Å². The number of aliphatic carboxylic acids is 1. The molecule has 6 heteroatoms. The number of benzene rings is 1. The Morgan fingerprint density at radius 1 is 1.50 bits per heavy atom. The zero-order chi connectivity index (χ0) is 13.7. The number of rotatable bonds is 5. The molecule has 18 heavy (non-hydrogen) atoms. The maximum atomic E-state index is 12.8. The van der Waals surface area contributed by atoms with E-state index in [0.29, 0.717) is 6.42 Å². The molecule has 0 aliphatic heterocycles. The first-order valence-electron chi connectivity index (χ1n) is 5.41. The molecule has 1 rings (SSSR count). The van der Waals surface area contributed by atoms with Crippen molar-refractivity contribution in [2.24, 2.45) is 0 Å². The van der Waals surface area contributed by atoms with Gasteiger partial charge in [0.05, 0.1) is 17.0 Å². The maximum Gasteiger partial charge on any atom is 0.305 e. The van der Waals surface area contributed by atoms with E-state index in [1.807, 2.05) is 0 Å². The van der Waals surface area contributed by atoms with Crippen LogP contribution in [0.3, 0.4) is 0 Å². The Hall–Kier alpha value is -1.62. The molecule has 1 aromatic rings. The predicted molar refractivity (Wildman–Crippen MR) is 65.2 cm³/mol. The number of hydrogen-bond donors (Lipinski definition) is 2. The van der Waals surface area contributed by atoms with Crippen molar-refractivity contribution >= 4 is 23.5 Å². The van der Waals surface area contributed by atoms with Crippen LogP contribution in [-0.2, 0) is 4.79 Å². The summed E-state index contributed by atoms with van der Waals surface area (Å²) < 4.78 is 12.8. The van der Waals surface area contributed by atoms with Crippen LogP contribution in [0.4, 0.5) is 4.39 Å². The molecule has 0 radical (unpaired) electrons. The quantitative estimate of drug-likeness (QED) is 0.866. The number of carbonyl (C=O) groups excluding carboxylic acids is 1. The molecule has 0 fully saturated rings. The summed E-state index contributed by atoms with van der Waals surface area (Å²) in [4.78, 5) is 22.4. The largest absolute Gasteiger partial charge is 0.481 e. The second-order valence-corrected chi connectivity index (χ2v) is 4.21. The molecule has 0 heterocycles. The molecule has 1 aromatic carbocycles. The number of carboxylic acid groups (broad SMARTS) is 1. The summed E-state index contributed by atoms with van der Waals surface area (Å²) >= 11 is 5.74. The molecule has 0 aliphatic rings. The topological polar surface area (TPSA) is 66.4 Å². The summed E-state index contributed by atoms with van der Waals surface area (Å²) in [5.74, 6) is -2.03. The highest BCUT2D eigenvalue weighted by atomic mass is 35.5. The van der Waals surface area contributed by atoms with E-state index in [2.05, 4.69) is 5.32 Å². The van der Waals surface area contributed by atoms with Crippen molar-refractivity contribution in [2.75, 3.05) is 0 Å². The minimum atomic E-state index is -0.993. The molecule has 0 bridgehead atoms. The third kappa shape index (κ3) is 4.00. The van der Waals surface area contributed by atoms with E-state index in [0.717, 1.165) is 12.1 Å². The van der Waals surface area contributed by atoms with E-state index in [4.69, 9.17) is 16.7 Å². The van der Waals surface area contributed by atoms with Crippen LogP contribution in [-0.4, -0.2) is 23.0 Å². The normalized spacial score (nSPS) is 11.9. The van der Waals surface area contributed by atoms with Gasteiger partial charge in [0.1, 0.15) is 5.82 Å². The van der Waals surface area contributed by atoms with E-state index in [1.54, 1.807) is 6.92 Å². The Kier molecular flexibility index (Phi) is 5.09. The minimum Gasteiger partial charge on any atom is -0.481 e. The number of halogens is 2. The number of nitrogens with one attached hydrogen (secondary N) is 1. The fraction of sp³-hybridized carbons (Fsp3) is 0.333. The van der Waals surface area contributed by atoms with Crippen LogP contribution in [0.2, 0.25) is 5.02 Å². The molecule has 4 nitrogen and oxygen atoms in total. The van der Waals surface area contributed by atoms with Gasteiger partial charge in [-0.2, -0.15) is 0 Å². The maximum absolute atomic E-state index is 12.8. The Labute approximate surface area is 109 Å². The van der Waals surface area contributed by atoms with Crippen LogP contribution in [0.5, 0.6) is 0 Å². The molecule has 0 saturated heterocycles. The lowest BCUT2D eigenvalue weighted by atomic mass is 10.1. The van der Waals surface area contributed by atoms with Crippen molar-refractivity contribution in [1.29, 1.82) is 0 Å². The number of hydrogen-bond acceptors (Lipinski definition) is 2. The molecule has 2 N–H and O–H groups in total. The third-order valence-corrected chi connectivity index (χ3v) is 2.74. The van der Waals surface area contributed by atoms with E-state index in [1.165, 1.54) is 6.07 Å². The molecule has 0 spiro atoms. The van der Waals surface area contributed by atoms with Gasteiger partial charge in [-0.05, 0) is 24.6 Å². The predicted octanol–water partition coefficient (Wildman–Crippen LogP) is 2.46. The minimum absolute atomic E-state index is 0.00215. The fourth-order valence-electron chi connectivity index (χ4n) is 1.44. The molecule has 1 atom stereocenters. The van der Waals surface area contributed by atoms with Gasteiger partial charge in [0, 0.05) is 6.04 Å². The molecule has 1 amide bonds. The van der Waals surface area contributed by atoms with Crippen LogP contribution in [0.25, 0.3) is 0 Å². The van der Waals surface area contributed by atoms with Crippen molar-refractivity contribution in [1.82, 2.24) is 5.32 Å². The zero-order valence-electron chi connectivity index (χ0n) is 9.74. The zero-order valence-corrected chi connectivity index (χ0v) is 10.5. The summed E-state index contributed by atoms with van der Waals surface area (Å²) in [5, 5.41) is 11.2. The summed E-state index contributed by atoms with van der Waals surface area (Å²) in [7, 11) is 0. The lowest BCUT2D eigenvalue weighted by Gasteiger charge is -2.15. The first-order chi connectivity index (χ1) is 8.43. The van der Waals surface area contributed by atoms with Crippen LogP contribution in [0.15, 0.2) is 18.2 Å². The Morgan fingerprint density at radius 2 is 2.17 bits per heavy atom. The first-order valence-corrected chi connectivity index (χ1v) is 5.79. The lowest BCUT2D eigenvalue weighted by molar-refractivity contribution is -0.137. The second kappa shape index (κ2) is 6.35. The average molecular weight is 274 g/mol. The van der Waals surface area contributed by atoms with Crippen LogP contribution in [0, 0.1) is 5.82 Å². The van der Waals surface area contributed by atoms with Gasteiger partial charge in [-0.3, -0.25) is 9.59 Å². The van der Waals surface area contributed by atoms with E-state index in [9.17, 15) is 14.0 Å². The molecule has 0 aliphatic carbocycles. The standard InChI is InChI=1S/C12H13ClFNO3/c1-2-8(6-11(16)17)15-12(18)9-4-3-7(14)5-10(9)13/h3-5,8H,2,6H2,1H3,(H,15,18)(H,16,17). The Morgan fingerprint density at radius 3 is 2.67 bits per heavy atom. The lowest BCUT2D eigenvalue weighted by Crippen LogP contribution is -2.36. The highest BCUT2D eigenvalue weighted by molar-refractivity contribution is 6.33. The Bertz CT molecular complexity index is 465. The molecule has 1 unspecified atom stereocenters. The molecular weight excluding hydrogens is 261 g/mol. The summed E-state index contributed by atoms with van der Waals surface area (Å²) in [6, 6.07) is 2.95. The second-order valence-electron chi connectivity index (χ2n) is 3.80. The van der Waals surface area contributed by atoms with Crippen molar-refractivity contribution in [3.05, 3.63) is 34.6 Å². The van der Waals surface area contributed by atoms with Crippen LogP contribution < -0.4 is 5.32 Å². The van der Waals surface area contributed by atoms with Crippen molar-refractivity contribution in [3.63, 3.8) is 0 Å². The molecular formula is C12H13ClFNO3. The van der Waals surface area contributed by atoms with Crippen LogP contribution >= 0.6 is 11.6 Å². The van der Waals surface area contributed by atoms with E-state index < -0.39 is 23.7 Å². The van der Waals surface area contributed by atoms with Gasteiger partial charge in [-0.1, -0.05) is 18.5 Å². The highest BCUT2D eigenvalue weighted by Crippen LogP contribution is 2.17. The van der Waals surface area contributed by atoms with Gasteiger partial charge in [0.25, 0.3) is 5.91 Å². The van der Waals surface area contributed by atoms with E-state index >= 15 is 0 Å². The van der Waals surface area contributed by atoms with Gasteiger partial charge >= 0.3 is 5.97 Å². The van der Waals surface area contributed by atoms with Gasteiger partial charge in [-0.15, -0.1) is 0 Å². The Balaban J connectivity index is 2.77. The number of amides is 1. The van der Waals surface area contributed by atoms with Crippen molar-refractivity contribution < 1.29 is 19.1 Å². The number of carboxylic acids is 1. The molecule has 98 valence electrons. The third-order valence-electron chi connectivity index (χ3n) is 2.42. The smallest absolute Gasteiger partial charge is 0.305 e. The number of carbonyl (C=O) groups is 2. The van der Waals surface area contributed by atoms with Crippen LogP contribution in [0.1, 0.15) is 30.1 Å². The monoisotopic (exact) mass is 273 g/mol. The molecule has 0 aromatic heterocycles. The highest BCUT2D eigenvalue weighted by Gasteiger charge is 2.17. The van der Waals surface area contributed by atoms with Gasteiger partial charge in [0.15, 0.2) is 0 Å². The summed E-state index contributed by atoms with van der Waals surface area (Å²) in [6.07, 6.45) is 0.317. The summed E-state index contributed by atoms with van der Waals surface area (Å²) in [5.41, 5.74) is 0.127. The summed E-state index contributed by atoms with van der Waals surface area (Å²) in [6.45, 7) is 1.76. The van der Waals surface area contributed by atoms with E-state index in [-0.39, 0.29) is 17.0 Å². The van der Waals surface area contributed by atoms with Gasteiger partial charge in [0.2, 0.25) is 0 Å². The fourth-order valence-corrected chi connectivity index (χ4v) is 1.70. The average Bonchev–Trinajstić information content (AvgIpc) is 2.27.